The summed E-state index contributed by atoms with van der Waals surface area (Å²) in [6, 6.07) is 0. The number of carbonyl (C=O) groups is 1. The Morgan fingerprint density at radius 2 is 2.06 bits per heavy atom. The molecule has 0 radical (unpaired) electrons. The summed E-state index contributed by atoms with van der Waals surface area (Å²) >= 11 is 1.10. The van der Waals surface area contributed by atoms with Crippen molar-refractivity contribution in [2.45, 2.75) is 33.0 Å². The number of ether oxygens (including phenoxy) is 1. The number of aliphatic hydroxyl groups excluding tert-OH is 1. The predicted molar refractivity (Wildman–Crippen MR) is 81.6 cm³/mol. The largest absolute Gasteiger partial charge is 0.390 e. The van der Waals surface area contributed by atoms with Gasteiger partial charge in [0.15, 0.2) is 5.12 Å². The monoisotopic (exact) mass is 318 g/mol. The molecule has 0 aromatic carbocycles. The first-order chi connectivity index (χ1) is 8.60. The fraction of sp³-hybridized carbons (Fsp3) is 0.900. The van der Waals surface area contributed by atoms with E-state index in [1.165, 1.54) is 6.92 Å². The first-order valence-corrected chi connectivity index (χ1v) is 7.59. The van der Waals surface area contributed by atoms with Crippen LogP contribution >= 0.6 is 30.7 Å². The number of aliphatic hydroxyl groups is 1. The normalized spacial score (nSPS) is 17.8. The Balaban J connectivity index is 0. The number of hydrogen-bond donors (Lipinski definition) is 1. The van der Waals surface area contributed by atoms with Gasteiger partial charge in [-0.15, -0.1) is 0 Å². The van der Waals surface area contributed by atoms with Crippen LogP contribution in [0, 0.1) is 0 Å². The van der Waals surface area contributed by atoms with E-state index in [1.54, 1.807) is 0 Å². The maximum absolute atomic E-state index is 10.4. The lowest BCUT2D eigenvalue weighted by Crippen LogP contribution is -2.16. The fourth-order valence-electron chi connectivity index (χ4n) is 0.644. The minimum Gasteiger partial charge on any atom is -0.390 e. The summed E-state index contributed by atoms with van der Waals surface area (Å²) in [7, 11) is 4.23. The van der Waals surface area contributed by atoms with Crippen molar-refractivity contribution < 1.29 is 23.7 Å². The molecule has 110 valence electrons. The molecular formula is C10H24O5P2S. The quantitative estimate of drug-likeness (QED) is 0.593. The van der Waals surface area contributed by atoms with Crippen LogP contribution in [-0.4, -0.2) is 48.0 Å². The van der Waals surface area contributed by atoms with Crippen LogP contribution in [0.25, 0.3) is 0 Å². The molecule has 0 bridgehead atoms. The summed E-state index contributed by atoms with van der Waals surface area (Å²) in [6.45, 7) is 7.34. The minimum atomic E-state index is -0.550. The van der Waals surface area contributed by atoms with Gasteiger partial charge in [-0.25, -0.2) is 0 Å². The van der Waals surface area contributed by atoms with E-state index >= 15 is 0 Å². The van der Waals surface area contributed by atoms with Gasteiger partial charge in [0.2, 0.25) is 0 Å². The second kappa shape index (κ2) is 15.8. The third-order valence-electron chi connectivity index (χ3n) is 1.45. The van der Waals surface area contributed by atoms with Gasteiger partial charge in [0.1, 0.15) is 6.10 Å². The maximum Gasteiger partial charge on any atom is 0.185 e. The molecule has 0 amide bonds. The molecule has 1 aliphatic heterocycles. The Kier molecular flexibility index (Phi) is 18.4. The summed E-state index contributed by atoms with van der Waals surface area (Å²) < 4.78 is 14.0. The highest BCUT2D eigenvalue weighted by Gasteiger charge is 2.21. The zero-order chi connectivity index (χ0) is 14.4. The molecule has 1 saturated heterocycles. The Morgan fingerprint density at radius 1 is 1.50 bits per heavy atom. The van der Waals surface area contributed by atoms with E-state index < -0.39 is 6.10 Å². The first kappa shape index (κ1) is 21.0. The average Bonchev–Trinajstić information content (AvgIpc) is 3.15. The van der Waals surface area contributed by atoms with Crippen molar-refractivity contribution in [3.63, 3.8) is 0 Å². The second-order valence-electron chi connectivity index (χ2n) is 3.08. The van der Waals surface area contributed by atoms with Gasteiger partial charge in [0.25, 0.3) is 0 Å². The second-order valence-corrected chi connectivity index (χ2v) is 4.94. The Bertz CT molecular complexity index is 193. The van der Waals surface area contributed by atoms with Crippen molar-refractivity contribution in [3.8, 4) is 0 Å². The summed E-state index contributed by atoms with van der Waals surface area (Å²) in [5, 5.41) is 9.00. The topological polar surface area (TPSA) is 68.3 Å². The molecule has 8 heteroatoms. The van der Waals surface area contributed by atoms with Crippen molar-refractivity contribution in [1.82, 2.24) is 0 Å². The van der Waals surface area contributed by atoms with Crippen molar-refractivity contribution in [1.29, 1.82) is 0 Å². The number of carbonyl (C=O) groups excluding carboxylic acids is 1. The van der Waals surface area contributed by atoms with Crippen LogP contribution in [0.3, 0.4) is 0 Å². The van der Waals surface area contributed by atoms with Crippen molar-refractivity contribution in [2.75, 3.05) is 25.6 Å². The summed E-state index contributed by atoms with van der Waals surface area (Å²) in [5.74, 6) is 0.406. The zero-order valence-electron chi connectivity index (χ0n) is 11.1. The summed E-state index contributed by atoms with van der Waals surface area (Å²) in [4.78, 5) is 10.4. The van der Waals surface area contributed by atoms with Crippen molar-refractivity contribution >= 4 is 35.8 Å². The molecule has 1 fully saturated rings. The van der Waals surface area contributed by atoms with Gasteiger partial charge in [-0.05, 0) is 0 Å². The van der Waals surface area contributed by atoms with Crippen LogP contribution in [0.1, 0.15) is 20.8 Å². The van der Waals surface area contributed by atoms with Crippen LogP contribution in [0.2, 0.25) is 0 Å². The van der Waals surface area contributed by atoms with Crippen LogP contribution in [-0.2, 0) is 18.6 Å². The Labute approximate surface area is 118 Å². The van der Waals surface area contributed by atoms with E-state index in [-0.39, 0.29) is 11.7 Å². The molecule has 0 saturated carbocycles. The Morgan fingerprint density at radius 3 is 2.33 bits per heavy atom. The summed E-state index contributed by atoms with van der Waals surface area (Å²) in [6.07, 6.45) is -0.145. The molecule has 0 spiro atoms. The number of rotatable bonds is 6. The van der Waals surface area contributed by atoms with Gasteiger partial charge < -0.3 is 18.9 Å². The molecular weight excluding hydrogens is 294 g/mol. The summed E-state index contributed by atoms with van der Waals surface area (Å²) in [5.41, 5.74) is 0. The predicted octanol–water partition coefficient (Wildman–Crippen LogP) is 1.65. The zero-order valence-corrected chi connectivity index (χ0v) is 14.3. The fourth-order valence-corrected chi connectivity index (χ4v) is 1.60. The number of hydrogen-bond acceptors (Lipinski definition) is 6. The minimum absolute atomic E-state index is 0.0165. The lowest BCUT2D eigenvalue weighted by molar-refractivity contribution is -0.109. The molecule has 5 nitrogen and oxygen atoms in total. The third-order valence-corrected chi connectivity index (χ3v) is 2.79. The molecule has 1 N–H and O–H groups in total. The van der Waals surface area contributed by atoms with Gasteiger partial charge >= 0.3 is 0 Å². The van der Waals surface area contributed by atoms with Gasteiger partial charge in [-0.3, -0.25) is 4.79 Å². The van der Waals surface area contributed by atoms with E-state index in [0.717, 1.165) is 25.0 Å². The highest BCUT2D eigenvalue weighted by molar-refractivity contribution is 8.13. The Hall–Kier alpha value is 0.720. The lowest BCUT2D eigenvalue weighted by atomic mass is 10.4. The van der Waals surface area contributed by atoms with E-state index in [4.69, 9.17) is 9.84 Å². The van der Waals surface area contributed by atoms with Crippen LogP contribution < -0.4 is 0 Å². The third kappa shape index (κ3) is 19.1. The molecule has 1 aliphatic rings. The maximum atomic E-state index is 10.4. The molecule has 4 unspecified atom stereocenters. The highest BCUT2D eigenvalue weighted by atomic mass is 32.2. The van der Waals surface area contributed by atoms with Gasteiger partial charge in [-0.1, -0.05) is 25.6 Å². The van der Waals surface area contributed by atoms with Crippen LogP contribution in [0.15, 0.2) is 0 Å². The molecule has 0 aliphatic carbocycles. The van der Waals surface area contributed by atoms with E-state index in [2.05, 4.69) is 18.5 Å². The van der Waals surface area contributed by atoms with Gasteiger partial charge in [0, 0.05) is 31.6 Å². The molecule has 18 heavy (non-hydrogen) atoms. The average molecular weight is 318 g/mol. The number of thioether (sulfide) groups is 1. The van der Waals surface area contributed by atoms with E-state index in [9.17, 15) is 4.79 Å². The number of epoxide rings is 1. The SMILES string of the molecule is CC.CC(=O)SCC(O)COP.POCC1CO1. The van der Waals surface area contributed by atoms with Crippen LogP contribution in [0.5, 0.6) is 0 Å². The molecule has 0 aromatic heterocycles. The van der Waals surface area contributed by atoms with E-state index in [0.29, 0.717) is 11.9 Å². The smallest absolute Gasteiger partial charge is 0.185 e. The molecule has 1 rings (SSSR count). The van der Waals surface area contributed by atoms with Gasteiger partial charge in [-0.2, -0.15) is 0 Å². The lowest BCUT2D eigenvalue weighted by Gasteiger charge is -2.05. The van der Waals surface area contributed by atoms with Crippen molar-refractivity contribution in [2.24, 2.45) is 0 Å². The van der Waals surface area contributed by atoms with Crippen molar-refractivity contribution in [3.05, 3.63) is 0 Å². The standard InChI is InChI=1S/C5H11O3PS.C3H7O2P.C2H6/c1-4(6)10-3-5(7)2-8-9;6-5-2-3-1-4-3;1-2/h5,7H,2-3,9H2,1H3;3H,1-2,6H2;1-2H3. The van der Waals surface area contributed by atoms with E-state index in [1.807, 2.05) is 23.3 Å². The first-order valence-electron chi connectivity index (χ1n) is 5.66. The van der Waals surface area contributed by atoms with Gasteiger partial charge in [0.05, 0.1) is 25.9 Å². The molecule has 4 atom stereocenters. The highest BCUT2D eigenvalue weighted by Crippen LogP contribution is 2.09. The molecule has 1 heterocycles. The van der Waals surface area contributed by atoms with Crippen LogP contribution in [0.4, 0.5) is 0 Å². The molecule has 0 aromatic rings.